The van der Waals surface area contributed by atoms with E-state index in [1.807, 2.05) is 31.2 Å². The van der Waals surface area contributed by atoms with Gasteiger partial charge in [-0.3, -0.25) is 0 Å². The average molecular weight is 268 g/mol. The zero-order valence-corrected chi connectivity index (χ0v) is 11.3. The predicted octanol–water partition coefficient (Wildman–Crippen LogP) is 3.27. The summed E-state index contributed by atoms with van der Waals surface area (Å²) in [7, 11) is 0. The van der Waals surface area contributed by atoms with E-state index in [9.17, 15) is 0 Å². The number of furan rings is 1. The normalized spacial score (nSPS) is 10.7. The van der Waals surface area contributed by atoms with Crippen molar-refractivity contribution in [3.63, 3.8) is 0 Å². The van der Waals surface area contributed by atoms with Crippen molar-refractivity contribution >= 4 is 22.6 Å². The largest absolute Gasteiger partial charge is 0.464 e. The van der Waals surface area contributed by atoms with Crippen LogP contribution in [0.4, 0.5) is 11.6 Å². The van der Waals surface area contributed by atoms with Gasteiger partial charge in [-0.2, -0.15) is 0 Å². The molecule has 0 aliphatic carbocycles. The van der Waals surface area contributed by atoms with Crippen LogP contribution in [0.5, 0.6) is 0 Å². The van der Waals surface area contributed by atoms with E-state index in [1.165, 1.54) is 0 Å². The first-order valence-corrected chi connectivity index (χ1v) is 6.61. The Morgan fingerprint density at radius 1 is 1.10 bits per heavy atom. The van der Waals surface area contributed by atoms with Crippen molar-refractivity contribution in [2.24, 2.45) is 0 Å². The van der Waals surface area contributed by atoms with E-state index in [0.717, 1.165) is 34.7 Å². The van der Waals surface area contributed by atoms with Gasteiger partial charge < -0.3 is 15.1 Å². The molecule has 0 fully saturated rings. The van der Waals surface area contributed by atoms with Gasteiger partial charge in [-0.1, -0.05) is 18.2 Å². The van der Waals surface area contributed by atoms with Gasteiger partial charge in [0.1, 0.15) is 23.5 Å². The molecule has 1 aromatic carbocycles. The van der Waals surface area contributed by atoms with Gasteiger partial charge in [-0.25, -0.2) is 9.97 Å². The van der Waals surface area contributed by atoms with E-state index in [-0.39, 0.29) is 0 Å². The van der Waals surface area contributed by atoms with Crippen molar-refractivity contribution in [1.29, 1.82) is 0 Å². The maximum Gasteiger partial charge on any atom is 0.134 e. The number of hydrogen-bond donors (Lipinski definition) is 2. The molecule has 0 saturated heterocycles. The molecule has 2 heterocycles. The highest BCUT2D eigenvalue weighted by Gasteiger charge is 2.05. The van der Waals surface area contributed by atoms with Gasteiger partial charge in [-0.05, 0) is 13.0 Å². The van der Waals surface area contributed by atoms with E-state index in [1.54, 1.807) is 12.6 Å². The van der Waals surface area contributed by atoms with Crippen molar-refractivity contribution < 1.29 is 4.42 Å². The zero-order valence-electron chi connectivity index (χ0n) is 11.3. The minimum absolute atomic E-state index is 0.666. The molecule has 5 heteroatoms. The van der Waals surface area contributed by atoms with Crippen LogP contribution < -0.4 is 10.6 Å². The lowest BCUT2D eigenvalue weighted by atomic mass is 10.2. The van der Waals surface area contributed by atoms with E-state index >= 15 is 0 Å². The third kappa shape index (κ3) is 2.56. The standard InChI is InChI=1S/C15H16N4O/c1-2-16-14-7-15(19-10-18-14)17-8-11-9-20-13-6-4-3-5-12(11)13/h3-7,9-10H,2,8H2,1H3,(H2,16,17,18,19). The fraction of sp³-hybridized carbons (Fsp3) is 0.200. The molecule has 0 saturated carbocycles. The first-order valence-electron chi connectivity index (χ1n) is 6.61. The maximum atomic E-state index is 5.51. The summed E-state index contributed by atoms with van der Waals surface area (Å²) in [6, 6.07) is 9.89. The van der Waals surface area contributed by atoms with Gasteiger partial charge in [-0.15, -0.1) is 0 Å². The van der Waals surface area contributed by atoms with Crippen LogP contribution in [-0.2, 0) is 6.54 Å². The summed E-state index contributed by atoms with van der Waals surface area (Å²) in [5.74, 6) is 1.61. The van der Waals surface area contributed by atoms with Crippen molar-refractivity contribution in [2.45, 2.75) is 13.5 Å². The molecule has 0 radical (unpaired) electrons. The third-order valence-corrected chi connectivity index (χ3v) is 3.05. The van der Waals surface area contributed by atoms with Gasteiger partial charge in [0.15, 0.2) is 0 Å². The molecule has 0 atom stereocenters. The smallest absolute Gasteiger partial charge is 0.134 e. The Morgan fingerprint density at radius 3 is 2.75 bits per heavy atom. The van der Waals surface area contributed by atoms with Gasteiger partial charge in [0.2, 0.25) is 0 Å². The second-order valence-electron chi connectivity index (χ2n) is 4.43. The molecule has 0 aliphatic rings. The molecular formula is C15H16N4O. The summed E-state index contributed by atoms with van der Waals surface area (Å²) >= 11 is 0. The van der Waals surface area contributed by atoms with Gasteiger partial charge >= 0.3 is 0 Å². The van der Waals surface area contributed by atoms with E-state index in [4.69, 9.17) is 4.42 Å². The number of para-hydroxylation sites is 1. The number of fused-ring (bicyclic) bond motifs is 1. The molecule has 3 rings (SSSR count). The van der Waals surface area contributed by atoms with Gasteiger partial charge in [0, 0.05) is 30.1 Å². The SMILES string of the molecule is CCNc1cc(NCc2coc3ccccc23)ncn1. The van der Waals surface area contributed by atoms with Gasteiger partial charge in [0.25, 0.3) is 0 Å². The monoisotopic (exact) mass is 268 g/mol. The van der Waals surface area contributed by atoms with Crippen molar-refractivity contribution in [3.8, 4) is 0 Å². The Kier molecular flexibility index (Phi) is 3.50. The Bertz CT molecular complexity index is 708. The van der Waals surface area contributed by atoms with Gasteiger partial charge in [0.05, 0.1) is 6.26 Å². The first-order chi connectivity index (χ1) is 9.86. The number of nitrogens with zero attached hydrogens (tertiary/aromatic N) is 2. The molecule has 2 aromatic heterocycles. The summed E-state index contributed by atoms with van der Waals surface area (Å²) in [4.78, 5) is 8.35. The topological polar surface area (TPSA) is 63.0 Å². The fourth-order valence-electron chi connectivity index (χ4n) is 2.09. The number of anilines is 2. The Hall–Kier alpha value is -2.56. The highest BCUT2D eigenvalue weighted by molar-refractivity contribution is 5.81. The fourth-order valence-corrected chi connectivity index (χ4v) is 2.09. The highest BCUT2D eigenvalue weighted by atomic mass is 16.3. The van der Waals surface area contributed by atoms with Crippen LogP contribution >= 0.6 is 0 Å². The molecule has 20 heavy (non-hydrogen) atoms. The minimum atomic E-state index is 0.666. The van der Waals surface area contributed by atoms with E-state index < -0.39 is 0 Å². The Morgan fingerprint density at radius 2 is 1.90 bits per heavy atom. The van der Waals surface area contributed by atoms with Crippen LogP contribution in [0.3, 0.4) is 0 Å². The lowest BCUT2D eigenvalue weighted by molar-refractivity contribution is 0.611. The minimum Gasteiger partial charge on any atom is -0.464 e. The summed E-state index contributed by atoms with van der Waals surface area (Å²) in [5, 5.41) is 7.57. The van der Waals surface area contributed by atoms with Crippen LogP contribution in [0.1, 0.15) is 12.5 Å². The molecule has 0 bridgehead atoms. The molecular weight excluding hydrogens is 252 g/mol. The van der Waals surface area contributed by atoms with Crippen molar-refractivity contribution in [2.75, 3.05) is 17.2 Å². The van der Waals surface area contributed by atoms with Crippen molar-refractivity contribution in [1.82, 2.24) is 9.97 Å². The lowest BCUT2D eigenvalue weighted by Gasteiger charge is -2.06. The summed E-state index contributed by atoms with van der Waals surface area (Å²) in [5.41, 5.74) is 2.02. The molecule has 3 aromatic rings. The first kappa shape index (κ1) is 12.5. The average Bonchev–Trinajstić information content (AvgIpc) is 2.89. The van der Waals surface area contributed by atoms with Crippen molar-refractivity contribution in [3.05, 3.63) is 48.5 Å². The summed E-state index contributed by atoms with van der Waals surface area (Å²) in [6.45, 7) is 3.54. The quantitative estimate of drug-likeness (QED) is 0.743. The molecule has 0 aliphatic heterocycles. The highest BCUT2D eigenvalue weighted by Crippen LogP contribution is 2.21. The Balaban J connectivity index is 1.74. The van der Waals surface area contributed by atoms with Crippen LogP contribution in [0.2, 0.25) is 0 Å². The second-order valence-corrected chi connectivity index (χ2v) is 4.43. The molecule has 0 amide bonds. The number of aromatic nitrogens is 2. The number of benzene rings is 1. The molecule has 0 spiro atoms. The number of nitrogens with one attached hydrogen (secondary N) is 2. The van der Waals surface area contributed by atoms with Crippen LogP contribution in [0.25, 0.3) is 11.0 Å². The van der Waals surface area contributed by atoms with Crippen LogP contribution in [0, 0.1) is 0 Å². The Labute approximate surface area is 117 Å². The molecule has 0 unspecified atom stereocenters. The zero-order chi connectivity index (χ0) is 13.8. The maximum absolute atomic E-state index is 5.51. The number of rotatable bonds is 5. The summed E-state index contributed by atoms with van der Waals surface area (Å²) < 4.78 is 5.51. The molecule has 102 valence electrons. The molecule has 2 N–H and O–H groups in total. The second kappa shape index (κ2) is 5.61. The molecule has 5 nitrogen and oxygen atoms in total. The van der Waals surface area contributed by atoms with Crippen LogP contribution in [0.15, 0.2) is 47.3 Å². The lowest BCUT2D eigenvalue weighted by Crippen LogP contribution is -2.04. The summed E-state index contributed by atoms with van der Waals surface area (Å²) in [6.07, 6.45) is 3.33. The van der Waals surface area contributed by atoms with E-state index in [0.29, 0.717) is 6.54 Å². The predicted molar refractivity (Wildman–Crippen MR) is 79.7 cm³/mol. The third-order valence-electron chi connectivity index (χ3n) is 3.05. The number of hydrogen-bond acceptors (Lipinski definition) is 5. The van der Waals surface area contributed by atoms with E-state index in [2.05, 4.69) is 26.7 Å². The van der Waals surface area contributed by atoms with Crippen LogP contribution in [-0.4, -0.2) is 16.5 Å².